The highest BCUT2D eigenvalue weighted by atomic mass is 19.4. The Kier molecular flexibility index (Phi) is 4.85. The first-order valence-corrected chi connectivity index (χ1v) is 6.03. The van der Waals surface area contributed by atoms with E-state index in [4.69, 9.17) is 9.84 Å². The summed E-state index contributed by atoms with van der Waals surface area (Å²) in [6.45, 7) is 1.07. The molecule has 6 nitrogen and oxygen atoms in total. The second-order valence-electron chi connectivity index (χ2n) is 4.87. The zero-order chi connectivity index (χ0) is 15.6. The maximum Gasteiger partial charge on any atom is 0.422 e. The van der Waals surface area contributed by atoms with Crippen molar-refractivity contribution >= 4 is 12.0 Å². The highest BCUT2D eigenvalue weighted by Gasteiger charge is 2.58. The lowest BCUT2D eigenvalue weighted by Crippen LogP contribution is -2.64. The van der Waals surface area contributed by atoms with Gasteiger partial charge in [0.2, 0.25) is 5.54 Å². The van der Waals surface area contributed by atoms with Crippen molar-refractivity contribution in [2.75, 3.05) is 20.2 Å². The molecular formula is C11H17F3N2O4. The van der Waals surface area contributed by atoms with Gasteiger partial charge in [-0.05, 0) is 19.8 Å². The Morgan fingerprint density at radius 3 is 2.45 bits per heavy atom. The molecule has 1 aliphatic rings. The number of rotatable bonds is 4. The lowest BCUT2D eigenvalue weighted by molar-refractivity contribution is -0.203. The third kappa shape index (κ3) is 3.53. The number of carboxylic acids is 1. The number of likely N-dealkylation sites (N-methyl/N-ethyl adjacent to an activating group) is 1. The van der Waals surface area contributed by atoms with Crippen LogP contribution in [0, 0.1) is 0 Å². The minimum Gasteiger partial charge on any atom is -0.479 e. The maximum absolute atomic E-state index is 12.7. The quantitative estimate of drug-likeness (QED) is 0.818. The summed E-state index contributed by atoms with van der Waals surface area (Å²) in [5, 5.41) is 10.2. The summed E-state index contributed by atoms with van der Waals surface area (Å²) in [5.41, 5.74) is -3.32. The molecule has 20 heavy (non-hydrogen) atoms. The third-order valence-electron chi connectivity index (χ3n) is 3.20. The number of nitrogens with zero attached hydrogens (tertiary/aromatic N) is 1. The van der Waals surface area contributed by atoms with Crippen LogP contribution in [0.3, 0.4) is 0 Å². The van der Waals surface area contributed by atoms with E-state index in [9.17, 15) is 22.8 Å². The Morgan fingerprint density at radius 1 is 1.45 bits per heavy atom. The number of nitrogens with one attached hydrogen (secondary N) is 1. The standard InChI is InChI=1S/C11H17F3N2O4/c1-10(8(17)18,11(12,13)14)15-9(19)16(2)6-7-4-3-5-20-7/h7H,3-6H2,1-2H3,(H,15,19)(H,17,18). The van der Waals surface area contributed by atoms with Gasteiger partial charge in [-0.3, -0.25) is 0 Å². The number of amides is 2. The van der Waals surface area contributed by atoms with Crippen LogP contribution in [0.5, 0.6) is 0 Å². The molecule has 0 aliphatic carbocycles. The molecule has 2 amide bonds. The fourth-order valence-electron chi connectivity index (χ4n) is 1.73. The highest BCUT2D eigenvalue weighted by Crippen LogP contribution is 2.30. The van der Waals surface area contributed by atoms with E-state index < -0.39 is 23.7 Å². The summed E-state index contributed by atoms with van der Waals surface area (Å²) in [6, 6.07) is -1.11. The summed E-state index contributed by atoms with van der Waals surface area (Å²) < 4.78 is 43.5. The van der Waals surface area contributed by atoms with Crippen molar-refractivity contribution in [2.24, 2.45) is 0 Å². The van der Waals surface area contributed by atoms with Crippen LogP contribution in [0.2, 0.25) is 0 Å². The van der Waals surface area contributed by atoms with Crippen molar-refractivity contribution in [1.82, 2.24) is 10.2 Å². The number of carbonyl (C=O) groups is 2. The first-order valence-electron chi connectivity index (χ1n) is 6.03. The molecule has 0 aromatic carbocycles. The topological polar surface area (TPSA) is 78.9 Å². The zero-order valence-electron chi connectivity index (χ0n) is 11.2. The molecule has 1 aliphatic heterocycles. The van der Waals surface area contributed by atoms with Crippen LogP contribution >= 0.6 is 0 Å². The lowest BCUT2D eigenvalue weighted by Gasteiger charge is -2.31. The van der Waals surface area contributed by atoms with Crippen LogP contribution in [0.1, 0.15) is 19.8 Å². The Morgan fingerprint density at radius 2 is 2.05 bits per heavy atom. The molecule has 2 unspecified atom stereocenters. The SMILES string of the molecule is CN(CC1CCCO1)C(=O)NC(C)(C(=O)O)C(F)(F)F. The molecular weight excluding hydrogens is 281 g/mol. The molecule has 0 aromatic rings. The predicted octanol–water partition coefficient (Wildman–Crippen LogP) is 1.21. The normalized spacial score (nSPS) is 22.1. The first-order chi connectivity index (χ1) is 9.08. The Hall–Kier alpha value is -1.51. The van der Waals surface area contributed by atoms with E-state index in [1.165, 1.54) is 12.4 Å². The molecule has 1 heterocycles. The van der Waals surface area contributed by atoms with E-state index in [0.29, 0.717) is 20.0 Å². The number of carboxylic acid groups (broad SMARTS) is 1. The van der Waals surface area contributed by atoms with E-state index in [-0.39, 0.29) is 12.6 Å². The molecule has 116 valence electrons. The molecule has 0 radical (unpaired) electrons. The first kappa shape index (κ1) is 16.5. The van der Waals surface area contributed by atoms with Gasteiger partial charge >= 0.3 is 18.2 Å². The van der Waals surface area contributed by atoms with Gasteiger partial charge in [0.1, 0.15) is 0 Å². The average molecular weight is 298 g/mol. The molecule has 1 saturated heterocycles. The Labute approximate surface area is 113 Å². The van der Waals surface area contributed by atoms with E-state index in [2.05, 4.69) is 0 Å². The number of aliphatic carboxylic acids is 1. The minimum atomic E-state index is -5.10. The van der Waals surface area contributed by atoms with Gasteiger partial charge in [-0.15, -0.1) is 0 Å². The van der Waals surface area contributed by atoms with Gasteiger partial charge in [0.25, 0.3) is 0 Å². The van der Waals surface area contributed by atoms with Crippen molar-refractivity contribution in [3.05, 3.63) is 0 Å². The van der Waals surface area contributed by atoms with E-state index in [1.807, 2.05) is 0 Å². The molecule has 0 spiro atoms. The molecule has 0 bridgehead atoms. The van der Waals surface area contributed by atoms with Crippen LogP contribution in [0.15, 0.2) is 0 Å². The van der Waals surface area contributed by atoms with Crippen LogP contribution in [-0.4, -0.2) is 60.0 Å². The van der Waals surface area contributed by atoms with E-state index in [1.54, 1.807) is 0 Å². The number of carbonyl (C=O) groups excluding carboxylic acids is 1. The number of halogens is 3. The summed E-state index contributed by atoms with van der Waals surface area (Å²) in [7, 11) is 1.29. The number of urea groups is 1. The average Bonchev–Trinajstić information content (AvgIpc) is 2.79. The summed E-state index contributed by atoms with van der Waals surface area (Å²) in [6.07, 6.45) is -3.78. The van der Waals surface area contributed by atoms with Crippen LogP contribution in [-0.2, 0) is 9.53 Å². The second kappa shape index (κ2) is 5.86. The summed E-state index contributed by atoms with van der Waals surface area (Å²) in [4.78, 5) is 23.5. The fourth-order valence-corrected chi connectivity index (χ4v) is 1.73. The lowest BCUT2D eigenvalue weighted by atomic mass is 10.0. The number of alkyl halides is 3. The van der Waals surface area contributed by atoms with Gasteiger partial charge in [0.05, 0.1) is 6.10 Å². The van der Waals surface area contributed by atoms with Crippen LogP contribution in [0.25, 0.3) is 0 Å². The highest BCUT2D eigenvalue weighted by molar-refractivity contribution is 5.86. The van der Waals surface area contributed by atoms with Gasteiger partial charge in [-0.2, -0.15) is 13.2 Å². The zero-order valence-corrected chi connectivity index (χ0v) is 11.2. The maximum atomic E-state index is 12.7. The van der Waals surface area contributed by atoms with Crippen molar-refractivity contribution in [3.8, 4) is 0 Å². The van der Waals surface area contributed by atoms with Crippen molar-refractivity contribution in [3.63, 3.8) is 0 Å². The Bertz CT molecular complexity index is 382. The molecule has 1 rings (SSSR count). The Balaban J connectivity index is 2.68. The molecule has 1 fully saturated rings. The van der Waals surface area contributed by atoms with E-state index >= 15 is 0 Å². The van der Waals surface area contributed by atoms with Gasteiger partial charge in [-0.25, -0.2) is 9.59 Å². The fraction of sp³-hybridized carbons (Fsp3) is 0.818. The molecule has 0 aromatic heterocycles. The van der Waals surface area contributed by atoms with E-state index in [0.717, 1.165) is 11.3 Å². The minimum absolute atomic E-state index is 0.111. The second-order valence-corrected chi connectivity index (χ2v) is 4.87. The van der Waals surface area contributed by atoms with Crippen LogP contribution < -0.4 is 5.32 Å². The van der Waals surface area contributed by atoms with Crippen molar-refractivity contribution < 1.29 is 32.6 Å². The number of hydrogen-bond donors (Lipinski definition) is 2. The van der Waals surface area contributed by atoms with Crippen molar-refractivity contribution in [1.29, 1.82) is 0 Å². The third-order valence-corrected chi connectivity index (χ3v) is 3.20. The van der Waals surface area contributed by atoms with Gasteiger partial charge in [-0.1, -0.05) is 0 Å². The summed E-state index contributed by atoms with van der Waals surface area (Å²) >= 11 is 0. The van der Waals surface area contributed by atoms with Crippen LogP contribution in [0.4, 0.5) is 18.0 Å². The monoisotopic (exact) mass is 298 g/mol. The molecule has 2 N–H and O–H groups in total. The smallest absolute Gasteiger partial charge is 0.422 e. The molecule has 2 atom stereocenters. The largest absolute Gasteiger partial charge is 0.479 e. The van der Waals surface area contributed by atoms with Gasteiger partial charge in [0, 0.05) is 20.2 Å². The summed E-state index contributed by atoms with van der Waals surface area (Å²) in [5.74, 6) is -2.16. The number of ether oxygens (including phenoxy) is 1. The van der Waals surface area contributed by atoms with Crippen molar-refractivity contribution in [2.45, 2.75) is 37.6 Å². The number of hydrogen-bond acceptors (Lipinski definition) is 3. The molecule has 0 saturated carbocycles. The van der Waals surface area contributed by atoms with Gasteiger partial charge < -0.3 is 20.1 Å². The van der Waals surface area contributed by atoms with Gasteiger partial charge in [0.15, 0.2) is 0 Å². The predicted molar refractivity (Wildman–Crippen MR) is 62.2 cm³/mol. The molecule has 9 heteroatoms.